The van der Waals surface area contributed by atoms with E-state index in [4.69, 9.17) is 11.6 Å². The normalized spacial score (nSPS) is 19.4. The van der Waals surface area contributed by atoms with Gasteiger partial charge in [-0.15, -0.1) is 5.10 Å². The highest BCUT2D eigenvalue weighted by atomic mass is 35.5. The molecule has 1 fully saturated rings. The van der Waals surface area contributed by atoms with Crippen LogP contribution < -0.4 is 5.32 Å². The number of hydrogen-bond acceptors (Lipinski definition) is 4. The number of rotatable bonds is 4. The molecule has 3 rings (SSSR count). The highest BCUT2D eigenvalue weighted by molar-refractivity contribution is 8.15. The number of nitrogens with one attached hydrogen (secondary N) is 1. The molecule has 1 aliphatic heterocycles. The number of thioether (sulfide) groups is 1. The van der Waals surface area contributed by atoms with Crippen molar-refractivity contribution < 1.29 is 4.79 Å². The molecule has 1 heterocycles. The zero-order valence-electron chi connectivity index (χ0n) is 12.1. The molecule has 2 aromatic carbocycles. The van der Waals surface area contributed by atoms with Gasteiger partial charge in [0.1, 0.15) is 0 Å². The van der Waals surface area contributed by atoms with Crippen LogP contribution in [-0.2, 0) is 11.2 Å². The van der Waals surface area contributed by atoms with Gasteiger partial charge in [0.25, 0.3) is 0 Å². The van der Waals surface area contributed by atoms with Crippen molar-refractivity contribution in [1.82, 2.24) is 5.32 Å². The Hall–Kier alpha value is -2.11. The van der Waals surface area contributed by atoms with Crippen molar-refractivity contribution in [3.63, 3.8) is 0 Å². The number of hydrogen-bond donors (Lipinski definition) is 1. The van der Waals surface area contributed by atoms with Gasteiger partial charge in [-0.25, -0.2) is 0 Å². The number of amidine groups is 1. The van der Waals surface area contributed by atoms with Crippen molar-refractivity contribution in [1.29, 1.82) is 0 Å². The summed E-state index contributed by atoms with van der Waals surface area (Å²) in [7, 11) is 0. The highest BCUT2D eigenvalue weighted by Crippen LogP contribution is 2.23. The molecule has 1 N–H and O–H groups in total. The molecule has 0 radical (unpaired) electrons. The zero-order valence-corrected chi connectivity index (χ0v) is 13.7. The fourth-order valence-corrected chi connectivity index (χ4v) is 3.20. The second kappa shape index (κ2) is 7.44. The SMILES string of the molecule is O=C1N/C(=N\N=C/c2ccc(Cl)cc2)S[C@H]1Cc1ccccc1. The number of nitrogens with zero attached hydrogens (tertiary/aromatic N) is 2. The van der Waals surface area contributed by atoms with E-state index in [0.29, 0.717) is 16.6 Å². The second-order valence-corrected chi connectivity index (χ2v) is 6.61. The van der Waals surface area contributed by atoms with Crippen molar-refractivity contribution in [3.8, 4) is 0 Å². The maximum absolute atomic E-state index is 12.0. The molecule has 0 unspecified atom stereocenters. The zero-order chi connectivity index (χ0) is 16.1. The van der Waals surface area contributed by atoms with E-state index in [2.05, 4.69) is 15.5 Å². The first-order valence-electron chi connectivity index (χ1n) is 7.09. The lowest BCUT2D eigenvalue weighted by atomic mass is 10.1. The number of amides is 1. The summed E-state index contributed by atoms with van der Waals surface area (Å²) in [6, 6.07) is 17.2. The average molecular weight is 344 g/mol. The molecule has 0 aliphatic carbocycles. The predicted molar refractivity (Wildman–Crippen MR) is 96.1 cm³/mol. The van der Waals surface area contributed by atoms with E-state index >= 15 is 0 Å². The summed E-state index contributed by atoms with van der Waals surface area (Å²) in [6.07, 6.45) is 2.30. The predicted octanol–water partition coefficient (Wildman–Crippen LogP) is 3.50. The fraction of sp³-hybridized carbons (Fsp3) is 0.118. The van der Waals surface area contributed by atoms with Crippen molar-refractivity contribution >= 4 is 40.7 Å². The first-order valence-corrected chi connectivity index (χ1v) is 8.34. The Kier molecular flexibility index (Phi) is 5.10. The molecule has 0 aromatic heterocycles. The molecule has 2 aromatic rings. The third kappa shape index (κ3) is 4.43. The Bertz CT molecular complexity index is 744. The van der Waals surface area contributed by atoms with Crippen LogP contribution in [-0.4, -0.2) is 22.5 Å². The van der Waals surface area contributed by atoms with Crippen LogP contribution in [0.3, 0.4) is 0 Å². The lowest BCUT2D eigenvalue weighted by Gasteiger charge is -2.04. The highest BCUT2D eigenvalue weighted by Gasteiger charge is 2.30. The van der Waals surface area contributed by atoms with Crippen molar-refractivity contribution in [2.45, 2.75) is 11.7 Å². The van der Waals surface area contributed by atoms with E-state index in [1.54, 1.807) is 18.3 Å². The standard InChI is InChI=1S/C17H14ClN3OS/c18-14-8-6-13(7-9-14)11-19-21-17-20-16(22)15(23-17)10-12-4-2-1-3-5-12/h1-9,11,15H,10H2,(H,20,21,22)/b19-11-/t15-/m0/s1. The Morgan fingerprint density at radius 1 is 1.13 bits per heavy atom. The van der Waals surface area contributed by atoms with Gasteiger partial charge in [0.2, 0.25) is 5.91 Å². The lowest BCUT2D eigenvalue weighted by molar-refractivity contribution is -0.118. The van der Waals surface area contributed by atoms with Crippen LogP contribution in [0.1, 0.15) is 11.1 Å². The van der Waals surface area contributed by atoms with Gasteiger partial charge in [-0.2, -0.15) is 5.10 Å². The van der Waals surface area contributed by atoms with Gasteiger partial charge in [-0.05, 0) is 29.7 Å². The van der Waals surface area contributed by atoms with E-state index in [-0.39, 0.29) is 11.2 Å². The molecule has 0 spiro atoms. The summed E-state index contributed by atoms with van der Waals surface area (Å²) in [5, 5.41) is 11.9. The summed E-state index contributed by atoms with van der Waals surface area (Å²) < 4.78 is 0. The third-order valence-electron chi connectivity index (χ3n) is 3.27. The maximum Gasteiger partial charge on any atom is 0.239 e. The lowest BCUT2D eigenvalue weighted by Crippen LogP contribution is -2.25. The Labute approximate surface area is 143 Å². The molecule has 0 saturated carbocycles. The molecule has 0 bridgehead atoms. The van der Waals surface area contributed by atoms with E-state index in [0.717, 1.165) is 11.1 Å². The monoisotopic (exact) mass is 343 g/mol. The minimum absolute atomic E-state index is 0.0284. The van der Waals surface area contributed by atoms with Gasteiger partial charge in [-0.1, -0.05) is 65.8 Å². The Morgan fingerprint density at radius 2 is 1.87 bits per heavy atom. The number of carbonyl (C=O) groups excluding carboxylic acids is 1. The molecule has 116 valence electrons. The molecule has 1 saturated heterocycles. The summed E-state index contributed by atoms with van der Waals surface area (Å²) >= 11 is 7.23. The fourth-order valence-electron chi connectivity index (χ4n) is 2.11. The van der Waals surface area contributed by atoms with E-state index in [9.17, 15) is 4.79 Å². The quantitative estimate of drug-likeness (QED) is 0.682. The molecule has 1 aliphatic rings. The number of halogens is 1. The van der Waals surface area contributed by atoms with Gasteiger partial charge in [0, 0.05) is 5.02 Å². The second-order valence-electron chi connectivity index (χ2n) is 4.99. The third-order valence-corrected chi connectivity index (χ3v) is 4.59. The molecule has 1 atom stereocenters. The van der Waals surface area contributed by atoms with Gasteiger partial charge in [-0.3, -0.25) is 4.79 Å². The average Bonchev–Trinajstić information content (AvgIpc) is 2.90. The minimum atomic E-state index is -0.165. The van der Waals surface area contributed by atoms with Crippen molar-refractivity contribution in [3.05, 3.63) is 70.7 Å². The Morgan fingerprint density at radius 3 is 2.61 bits per heavy atom. The molecular weight excluding hydrogens is 330 g/mol. The van der Waals surface area contributed by atoms with E-state index < -0.39 is 0 Å². The molecule has 4 nitrogen and oxygen atoms in total. The molecule has 23 heavy (non-hydrogen) atoms. The largest absolute Gasteiger partial charge is 0.303 e. The van der Waals surface area contributed by atoms with Crippen LogP contribution in [0.2, 0.25) is 5.02 Å². The van der Waals surface area contributed by atoms with Gasteiger partial charge in [0.05, 0.1) is 11.5 Å². The summed E-state index contributed by atoms with van der Waals surface area (Å²) in [6.45, 7) is 0. The summed E-state index contributed by atoms with van der Waals surface area (Å²) in [5.74, 6) is -0.0284. The number of carbonyl (C=O) groups is 1. The number of benzene rings is 2. The first kappa shape index (κ1) is 15.8. The van der Waals surface area contributed by atoms with Crippen LogP contribution in [0.15, 0.2) is 64.8 Å². The summed E-state index contributed by atoms with van der Waals surface area (Å²) in [4.78, 5) is 12.0. The Balaban J connectivity index is 1.61. The topological polar surface area (TPSA) is 53.8 Å². The molecular formula is C17H14ClN3OS. The van der Waals surface area contributed by atoms with E-state index in [1.165, 1.54) is 11.8 Å². The van der Waals surface area contributed by atoms with Crippen LogP contribution in [0.5, 0.6) is 0 Å². The van der Waals surface area contributed by atoms with Crippen LogP contribution >= 0.6 is 23.4 Å². The molecule has 6 heteroatoms. The summed E-state index contributed by atoms with van der Waals surface area (Å²) in [5.41, 5.74) is 2.03. The van der Waals surface area contributed by atoms with Crippen LogP contribution in [0, 0.1) is 0 Å². The van der Waals surface area contributed by atoms with Crippen LogP contribution in [0.25, 0.3) is 0 Å². The molecule has 1 amide bonds. The minimum Gasteiger partial charge on any atom is -0.303 e. The van der Waals surface area contributed by atoms with Gasteiger partial charge >= 0.3 is 0 Å². The van der Waals surface area contributed by atoms with Crippen molar-refractivity contribution in [2.75, 3.05) is 0 Å². The van der Waals surface area contributed by atoms with Gasteiger partial charge < -0.3 is 5.32 Å². The van der Waals surface area contributed by atoms with Crippen LogP contribution in [0.4, 0.5) is 0 Å². The van der Waals surface area contributed by atoms with Crippen molar-refractivity contribution in [2.24, 2.45) is 10.2 Å². The van der Waals surface area contributed by atoms with Gasteiger partial charge in [0.15, 0.2) is 5.17 Å². The maximum atomic E-state index is 12.0. The first-order chi connectivity index (χ1) is 11.2. The smallest absolute Gasteiger partial charge is 0.239 e. The van der Waals surface area contributed by atoms with E-state index in [1.807, 2.05) is 42.5 Å².